The Balaban J connectivity index is 3.18. The Kier molecular flexibility index (Phi) is 3.59. The Morgan fingerprint density at radius 3 is 2.07 bits per heavy atom. The van der Waals surface area contributed by atoms with Crippen molar-refractivity contribution in [2.45, 2.75) is 6.54 Å². The van der Waals surface area contributed by atoms with E-state index in [4.69, 9.17) is 9.47 Å². The largest absolute Gasteiger partial charge is 0.508 e. The predicted molar refractivity (Wildman–Crippen MR) is 54.0 cm³/mol. The van der Waals surface area contributed by atoms with Crippen molar-refractivity contribution in [2.75, 3.05) is 21.3 Å². The van der Waals surface area contributed by atoms with Crippen LogP contribution in [0.4, 0.5) is 0 Å². The molecule has 4 heteroatoms. The molecule has 2 N–H and O–H groups in total. The van der Waals surface area contributed by atoms with E-state index in [-0.39, 0.29) is 5.75 Å². The third-order valence-electron chi connectivity index (χ3n) is 1.95. The molecule has 1 rings (SSSR count). The first kappa shape index (κ1) is 10.7. The number of benzene rings is 1. The molecule has 0 aliphatic rings. The van der Waals surface area contributed by atoms with E-state index >= 15 is 0 Å². The van der Waals surface area contributed by atoms with Gasteiger partial charge in [0, 0.05) is 18.7 Å². The number of methoxy groups -OCH3 is 2. The van der Waals surface area contributed by atoms with Gasteiger partial charge in [0.25, 0.3) is 0 Å². The molecule has 4 nitrogen and oxygen atoms in total. The summed E-state index contributed by atoms with van der Waals surface area (Å²) in [6.07, 6.45) is 0. The zero-order valence-corrected chi connectivity index (χ0v) is 8.63. The Bertz CT molecular complexity index is 287. The average Bonchev–Trinajstić information content (AvgIpc) is 2.20. The monoisotopic (exact) mass is 197 g/mol. The van der Waals surface area contributed by atoms with Crippen LogP contribution < -0.4 is 14.8 Å². The first-order valence-corrected chi connectivity index (χ1v) is 4.31. The average molecular weight is 197 g/mol. The van der Waals surface area contributed by atoms with Crippen LogP contribution in [0.2, 0.25) is 0 Å². The lowest BCUT2D eigenvalue weighted by Gasteiger charge is -2.13. The molecular formula is C10H15NO3. The lowest BCUT2D eigenvalue weighted by atomic mass is 10.1. The number of nitrogens with one attached hydrogen (secondary N) is 1. The highest BCUT2D eigenvalue weighted by atomic mass is 16.5. The number of aromatic hydroxyl groups is 1. The summed E-state index contributed by atoms with van der Waals surface area (Å²) in [5.74, 6) is 1.38. The SMILES string of the molecule is CNCc1c(OC)cc(O)cc1OC. The van der Waals surface area contributed by atoms with Gasteiger partial charge in [-0.1, -0.05) is 0 Å². The summed E-state index contributed by atoms with van der Waals surface area (Å²) in [5, 5.41) is 12.4. The molecule has 0 bridgehead atoms. The molecule has 0 saturated carbocycles. The summed E-state index contributed by atoms with van der Waals surface area (Å²) >= 11 is 0. The van der Waals surface area contributed by atoms with Gasteiger partial charge in [-0.05, 0) is 7.05 Å². The zero-order valence-electron chi connectivity index (χ0n) is 8.63. The smallest absolute Gasteiger partial charge is 0.130 e. The molecule has 0 radical (unpaired) electrons. The van der Waals surface area contributed by atoms with Crippen molar-refractivity contribution in [3.63, 3.8) is 0 Å². The molecule has 1 aromatic rings. The lowest BCUT2D eigenvalue weighted by Crippen LogP contribution is -2.08. The summed E-state index contributed by atoms with van der Waals surface area (Å²) in [4.78, 5) is 0. The van der Waals surface area contributed by atoms with E-state index in [2.05, 4.69) is 5.32 Å². The quantitative estimate of drug-likeness (QED) is 0.759. The first-order valence-electron chi connectivity index (χ1n) is 4.31. The maximum absolute atomic E-state index is 9.37. The first-order chi connectivity index (χ1) is 6.72. The normalized spacial score (nSPS) is 9.93. The third kappa shape index (κ3) is 2.09. The third-order valence-corrected chi connectivity index (χ3v) is 1.95. The summed E-state index contributed by atoms with van der Waals surface area (Å²) in [7, 11) is 4.96. The van der Waals surface area contributed by atoms with Crippen molar-refractivity contribution in [3.8, 4) is 17.2 Å². The number of ether oxygens (including phenoxy) is 2. The van der Waals surface area contributed by atoms with Crippen molar-refractivity contribution >= 4 is 0 Å². The summed E-state index contributed by atoms with van der Waals surface area (Å²) < 4.78 is 10.3. The van der Waals surface area contributed by atoms with Crippen molar-refractivity contribution in [3.05, 3.63) is 17.7 Å². The minimum Gasteiger partial charge on any atom is -0.508 e. The van der Waals surface area contributed by atoms with Crippen molar-refractivity contribution in [2.24, 2.45) is 0 Å². The Morgan fingerprint density at radius 2 is 1.71 bits per heavy atom. The highest BCUT2D eigenvalue weighted by Gasteiger charge is 2.10. The molecule has 0 amide bonds. The fraction of sp³-hybridized carbons (Fsp3) is 0.400. The number of phenolic OH excluding ortho intramolecular Hbond substituents is 1. The fourth-order valence-electron chi connectivity index (χ4n) is 1.32. The molecule has 78 valence electrons. The van der Waals surface area contributed by atoms with Crippen LogP contribution in [-0.2, 0) is 6.54 Å². The Labute approximate surface area is 83.5 Å². The molecule has 0 heterocycles. The van der Waals surface area contributed by atoms with Gasteiger partial charge in [0.2, 0.25) is 0 Å². The summed E-state index contributed by atoms with van der Waals surface area (Å²) in [6, 6.07) is 3.13. The van der Waals surface area contributed by atoms with Crippen LogP contribution in [0.15, 0.2) is 12.1 Å². The Hall–Kier alpha value is -1.42. The fourth-order valence-corrected chi connectivity index (χ4v) is 1.32. The van der Waals surface area contributed by atoms with Gasteiger partial charge in [0.05, 0.1) is 19.8 Å². The van der Waals surface area contributed by atoms with E-state index in [1.54, 1.807) is 26.4 Å². The molecule has 0 fully saturated rings. The maximum atomic E-state index is 9.37. The van der Waals surface area contributed by atoms with Gasteiger partial charge in [-0.3, -0.25) is 0 Å². The molecule has 0 unspecified atom stereocenters. The molecule has 0 aliphatic heterocycles. The molecule has 0 atom stereocenters. The van der Waals surface area contributed by atoms with E-state index < -0.39 is 0 Å². The molecule has 14 heavy (non-hydrogen) atoms. The van der Waals surface area contributed by atoms with Crippen LogP contribution in [0.25, 0.3) is 0 Å². The second-order valence-corrected chi connectivity index (χ2v) is 2.86. The van der Waals surface area contributed by atoms with Crippen LogP contribution in [0.3, 0.4) is 0 Å². The van der Waals surface area contributed by atoms with E-state index in [0.29, 0.717) is 18.0 Å². The minimum atomic E-state index is 0.138. The van der Waals surface area contributed by atoms with E-state index in [1.165, 1.54) is 0 Å². The molecular weight excluding hydrogens is 182 g/mol. The highest BCUT2D eigenvalue weighted by Crippen LogP contribution is 2.33. The zero-order chi connectivity index (χ0) is 10.6. The van der Waals surface area contributed by atoms with Crippen LogP contribution in [0.1, 0.15) is 5.56 Å². The van der Waals surface area contributed by atoms with Crippen molar-refractivity contribution in [1.29, 1.82) is 0 Å². The van der Waals surface area contributed by atoms with E-state index in [9.17, 15) is 5.11 Å². The molecule has 1 aromatic carbocycles. The van der Waals surface area contributed by atoms with Crippen molar-refractivity contribution in [1.82, 2.24) is 5.32 Å². The molecule has 0 saturated heterocycles. The van der Waals surface area contributed by atoms with Crippen LogP contribution >= 0.6 is 0 Å². The molecule has 0 spiro atoms. The van der Waals surface area contributed by atoms with Gasteiger partial charge in [0.15, 0.2) is 0 Å². The second kappa shape index (κ2) is 4.72. The number of phenols is 1. The standard InChI is InChI=1S/C10H15NO3/c1-11-6-8-9(13-2)4-7(12)5-10(8)14-3/h4-5,11-12H,6H2,1-3H3. The predicted octanol–water partition coefficient (Wildman–Crippen LogP) is 1.13. The number of hydrogen-bond acceptors (Lipinski definition) is 4. The Morgan fingerprint density at radius 1 is 1.21 bits per heavy atom. The van der Waals surface area contributed by atoms with Gasteiger partial charge >= 0.3 is 0 Å². The minimum absolute atomic E-state index is 0.138. The number of rotatable bonds is 4. The van der Waals surface area contributed by atoms with E-state index in [1.807, 2.05) is 7.05 Å². The van der Waals surface area contributed by atoms with Gasteiger partial charge in [0.1, 0.15) is 17.2 Å². The van der Waals surface area contributed by atoms with Crippen molar-refractivity contribution < 1.29 is 14.6 Å². The maximum Gasteiger partial charge on any atom is 0.130 e. The van der Waals surface area contributed by atoms with Gasteiger partial charge in [-0.2, -0.15) is 0 Å². The summed E-state index contributed by atoms with van der Waals surface area (Å²) in [6.45, 7) is 0.632. The van der Waals surface area contributed by atoms with E-state index in [0.717, 1.165) is 5.56 Å². The topological polar surface area (TPSA) is 50.7 Å². The van der Waals surface area contributed by atoms with Crippen LogP contribution in [0, 0.1) is 0 Å². The van der Waals surface area contributed by atoms with Gasteiger partial charge in [-0.15, -0.1) is 0 Å². The molecule has 0 aliphatic carbocycles. The second-order valence-electron chi connectivity index (χ2n) is 2.86. The van der Waals surface area contributed by atoms with Crippen LogP contribution in [-0.4, -0.2) is 26.4 Å². The highest BCUT2D eigenvalue weighted by molar-refractivity contribution is 5.50. The van der Waals surface area contributed by atoms with Crippen LogP contribution in [0.5, 0.6) is 17.2 Å². The number of hydrogen-bond donors (Lipinski definition) is 2. The molecule has 0 aromatic heterocycles. The van der Waals surface area contributed by atoms with Gasteiger partial charge in [-0.25, -0.2) is 0 Å². The summed E-state index contributed by atoms with van der Waals surface area (Å²) in [5.41, 5.74) is 0.898. The lowest BCUT2D eigenvalue weighted by molar-refractivity contribution is 0.375. The van der Waals surface area contributed by atoms with Gasteiger partial charge < -0.3 is 19.9 Å².